The van der Waals surface area contributed by atoms with E-state index >= 15 is 0 Å². The predicted molar refractivity (Wildman–Crippen MR) is 238 cm³/mol. The highest BCUT2D eigenvalue weighted by Crippen LogP contribution is 2.46. The number of amidine groups is 2. The van der Waals surface area contributed by atoms with Crippen LogP contribution < -0.4 is 5.32 Å². The van der Waals surface area contributed by atoms with Crippen molar-refractivity contribution in [3.8, 4) is 16.8 Å². The highest BCUT2D eigenvalue weighted by Gasteiger charge is 2.26. The van der Waals surface area contributed by atoms with Gasteiger partial charge < -0.3 is 14.3 Å². The molecule has 0 amide bonds. The molecular weight excluding hydrogens is 717 g/mol. The maximum atomic E-state index is 6.84. The Morgan fingerprint density at radius 3 is 1.93 bits per heavy atom. The molecule has 57 heavy (non-hydrogen) atoms. The first-order chi connectivity index (χ1) is 28.3. The van der Waals surface area contributed by atoms with Gasteiger partial charge in [-0.05, 0) is 48.0 Å². The van der Waals surface area contributed by atoms with Crippen molar-refractivity contribution in [3.05, 3.63) is 199 Å². The zero-order chi connectivity index (χ0) is 37.5. The van der Waals surface area contributed by atoms with Crippen molar-refractivity contribution in [2.75, 3.05) is 0 Å². The molecule has 1 N–H and O–H groups in total. The number of aliphatic imine (C=N–C) groups is 2. The van der Waals surface area contributed by atoms with Gasteiger partial charge in [-0.15, -0.1) is 11.3 Å². The van der Waals surface area contributed by atoms with Crippen LogP contribution in [-0.4, -0.2) is 16.2 Å². The minimum absolute atomic E-state index is 0.358. The van der Waals surface area contributed by atoms with E-state index in [1.165, 1.54) is 42.0 Å². The molecule has 3 aromatic heterocycles. The van der Waals surface area contributed by atoms with Crippen molar-refractivity contribution in [1.82, 2.24) is 9.88 Å². The summed E-state index contributed by atoms with van der Waals surface area (Å²) in [7, 11) is 0. The molecule has 8 aromatic carbocycles. The van der Waals surface area contributed by atoms with E-state index < -0.39 is 0 Å². The number of hydrogen-bond acceptors (Lipinski definition) is 5. The van der Waals surface area contributed by atoms with Crippen LogP contribution in [0.15, 0.2) is 196 Å². The average Bonchev–Trinajstić information content (AvgIpc) is 3.96. The molecule has 0 saturated carbocycles. The number of fused-ring (bicyclic) bond motifs is 9. The van der Waals surface area contributed by atoms with Crippen LogP contribution in [0.4, 0.5) is 0 Å². The fourth-order valence-electron chi connectivity index (χ4n) is 8.75. The maximum absolute atomic E-state index is 6.84. The average molecular weight is 749 g/mol. The smallest absolute Gasteiger partial charge is 0.159 e. The SMILES string of the molecule is c1ccc(C2=NC(c3cccc4sc5cccc(-c6cccc7c6oc6ccc(-n8c9ccccc9c9ccccc98)cc67)c5c34)NC(c3ccccc3)=N2)cc1. The number of para-hydroxylation sites is 3. The summed E-state index contributed by atoms with van der Waals surface area (Å²) in [6, 6.07) is 64.2. The standard InChI is InChI=1S/C51H32N4OS/c1-3-14-31(15-4-1)49-52-50(32-16-5-2-6-17-32)54-51(53-49)39-23-13-27-45-47(39)46-36(20-12-26-44(46)57-45)37-21-11-22-38-40-30-33(28-29-43(40)56-48(37)38)55-41-24-9-7-18-34(41)35-19-8-10-25-42(35)55/h1-30,51H,(H,52,53,54). The van der Waals surface area contributed by atoms with Gasteiger partial charge in [0.1, 0.15) is 23.2 Å². The third kappa shape index (κ3) is 5.01. The zero-order valence-electron chi connectivity index (χ0n) is 30.6. The largest absolute Gasteiger partial charge is 0.455 e. The van der Waals surface area contributed by atoms with E-state index in [0.29, 0.717) is 5.84 Å². The molecule has 0 saturated heterocycles. The van der Waals surface area contributed by atoms with Crippen molar-refractivity contribution < 1.29 is 4.42 Å². The Morgan fingerprint density at radius 2 is 1.16 bits per heavy atom. The highest BCUT2D eigenvalue weighted by molar-refractivity contribution is 7.26. The first-order valence-corrected chi connectivity index (χ1v) is 20.0. The fourth-order valence-corrected chi connectivity index (χ4v) is 9.92. The number of nitrogens with one attached hydrogen (secondary N) is 1. The van der Waals surface area contributed by atoms with Gasteiger partial charge in [-0.2, -0.15) is 0 Å². The summed E-state index contributed by atoms with van der Waals surface area (Å²) in [6.45, 7) is 0. The first-order valence-electron chi connectivity index (χ1n) is 19.2. The molecule has 1 aliphatic rings. The molecular formula is C51H32N4OS. The molecule has 1 atom stereocenters. The number of benzene rings is 8. The Hall–Kier alpha value is -7.28. The van der Waals surface area contributed by atoms with Gasteiger partial charge in [-0.3, -0.25) is 0 Å². The number of rotatable bonds is 5. The fraction of sp³-hybridized carbons (Fsp3) is 0.0196. The third-order valence-electron chi connectivity index (χ3n) is 11.3. The number of furan rings is 1. The van der Waals surface area contributed by atoms with Crippen molar-refractivity contribution in [3.63, 3.8) is 0 Å². The molecule has 5 nitrogen and oxygen atoms in total. The van der Waals surface area contributed by atoms with Crippen LogP contribution in [0.2, 0.25) is 0 Å². The first kappa shape index (κ1) is 32.0. The Morgan fingerprint density at radius 1 is 0.526 bits per heavy atom. The monoisotopic (exact) mass is 748 g/mol. The number of nitrogens with zero attached hydrogens (tertiary/aromatic N) is 3. The van der Waals surface area contributed by atoms with E-state index in [9.17, 15) is 0 Å². The molecule has 1 unspecified atom stereocenters. The summed E-state index contributed by atoms with van der Waals surface area (Å²) in [6.07, 6.45) is -0.358. The molecule has 6 heteroatoms. The van der Waals surface area contributed by atoms with Crippen molar-refractivity contribution in [2.24, 2.45) is 9.98 Å². The summed E-state index contributed by atoms with van der Waals surface area (Å²) < 4.78 is 11.6. The Labute approximate surface area is 331 Å². The molecule has 268 valence electrons. The summed E-state index contributed by atoms with van der Waals surface area (Å²) in [5.41, 5.74) is 10.6. The zero-order valence-corrected chi connectivity index (χ0v) is 31.4. The van der Waals surface area contributed by atoms with Crippen LogP contribution in [0.3, 0.4) is 0 Å². The molecule has 0 fully saturated rings. The van der Waals surface area contributed by atoms with Crippen molar-refractivity contribution in [1.29, 1.82) is 0 Å². The minimum Gasteiger partial charge on any atom is -0.455 e. The predicted octanol–water partition coefficient (Wildman–Crippen LogP) is 13.2. The third-order valence-corrected chi connectivity index (χ3v) is 12.4. The minimum atomic E-state index is -0.358. The molecule has 0 radical (unpaired) electrons. The van der Waals surface area contributed by atoms with Gasteiger partial charge in [0.2, 0.25) is 0 Å². The number of aromatic nitrogens is 1. The molecule has 0 spiro atoms. The van der Waals surface area contributed by atoms with Crippen molar-refractivity contribution in [2.45, 2.75) is 6.17 Å². The van der Waals surface area contributed by atoms with E-state index in [1.54, 1.807) is 0 Å². The second-order valence-electron chi connectivity index (χ2n) is 14.5. The van der Waals surface area contributed by atoms with Gasteiger partial charge in [-0.1, -0.05) is 140 Å². The van der Waals surface area contributed by atoms with E-state index in [0.717, 1.165) is 61.3 Å². The van der Waals surface area contributed by atoms with Gasteiger partial charge in [0.15, 0.2) is 5.84 Å². The Balaban J connectivity index is 1.05. The van der Waals surface area contributed by atoms with Gasteiger partial charge in [-0.25, -0.2) is 9.98 Å². The second-order valence-corrected chi connectivity index (χ2v) is 15.6. The Bertz CT molecular complexity index is 3390. The topological polar surface area (TPSA) is 54.8 Å². The van der Waals surface area contributed by atoms with Crippen LogP contribution in [0, 0.1) is 0 Å². The van der Waals surface area contributed by atoms with Crippen LogP contribution in [-0.2, 0) is 0 Å². The maximum Gasteiger partial charge on any atom is 0.159 e. The number of hydrogen-bond donors (Lipinski definition) is 1. The van der Waals surface area contributed by atoms with E-state index in [4.69, 9.17) is 14.4 Å². The van der Waals surface area contributed by atoms with Crippen molar-refractivity contribution >= 4 is 86.9 Å². The normalized spacial score (nSPS) is 14.5. The molecule has 1 aliphatic heterocycles. The van der Waals surface area contributed by atoms with Gasteiger partial charge >= 0.3 is 0 Å². The molecule has 12 rings (SSSR count). The lowest BCUT2D eigenvalue weighted by Gasteiger charge is -2.24. The second kappa shape index (κ2) is 12.6. The van der Waals surface area contributed by atoms with Gasteiger partial charge in [0.05, 0.1) is 11.0 Å². The molecule has 0 bridgehead atoms. The number of thiophene rings is 1. The lowest BCUT2D eigenvalue weighted by Crippen LogP contribution is -2.33. The quantitative estimate of drug-likeness (QED) is 0.191. The summed E-state index contributed by atoms with van der Waals surface area (Å²) in [5, 5.41) is 10.8. The van der Waals surface area contributed by atoms with Crippen LogP contribution in [0.1, 0.15) is 22.9 Å². The highest BCUT2D eigenvalue weighted by atomic mass is 32.1. The van der Waals surface area contributed by atoms with Gasteiger partial charge in [0.25, 0.3) is 0 Å². The lowest BCUT2D eigenvalue weighted by atomic mass is 9.95. The van der Waals surface area contributed by atoms with Gasteiger partial charge in [0, 0.05) is 69.7 Å². The molecule has 0 aliphatic carbocycles. The van der Waals surface area contributed by atoms with Crippen LogP contribution in [0.25, 0.3) is 80.7 Å². The summed E-state index contributed by atoms with van der Waals surface area (Å²) in [5.74, 6) is 1.51. The molecule has 4 heterocycles. The van der Waals surface area contributed by atoms with E-state index in [-0.39, 0.29) is 6.17 Å². The van der Waals surface area contributed by atoms with E-state index in [2.05, 4.69) is 155 Å². The lowest BCUT2D eigenvalue weighted by molar-refractivity contribution is 0.670. The van der Waals surface area contributed by atoms with E-state index in [1.807, 2.05) is 47.7 Å². The molecule has 11 aromatic rings. The summed E-state index contributed by atoms with van der Waals surface area (Å²) in [4.78, 5) is 10.3. The summed E-state index contributed by atoms with van der Waals surface area (Å²) >= 11 is 1.82. The van der Waals surface area contributed by atoms with Crippen LogP contribution in [0.5, 0.6) is 0 Å². The Kier molecular flexibility index (Phi) is 7.09. The van der Waals surface area contributed by atoms with Crippen LogP contribution >= 0.6 is 11.3 Å².